The van der Waals surface area contributed by atoms with Crippen molar-refractivity contribution in [1.29, 1.82) is 0 Å². The van der Waals surface area contributed by atoms with Crippen molar-refractivity contribution in [3.8, 4) is 0 Å². The minimum Gasteiger partial charge on any atom is -0.373 e. The molecule has 0 aromatic rings. The summed E-state index contributed by atoms with van der Waals surface area (Å²) in [5, 5.41) is 1.71. The first kappa shape index (κ1) is 11.4. The lowest BCUT2D eigenvalue weighted by Crippen LogP contribution is -2.32. The third-order valence-corrected chi connectivity index (χ3v) is 2.48. The van der Waals surface area contributed by atoms with E-state index >= 15 is 0 Å². The van der Waals surface area contributed by atoms with E-state index in [0.29, 0.717) is 6.42 Å². The highest BCUT2D eigenvalue weighted by Crippen LogP contribution is 2.00. The van der Waals surface area contributed by atoms with E-state index in [1.54, 1.807) is 13.1 Å². The van der Waals surface area contributed by atoms with Crippen LogP contribution in [0.25, 0.3) is 0 Å². The standard InChI is InChI=1S/C7H15NO3S/c1-4-7(12(9,10)11)8-5-6(2)3/h5,7-8H,4H2,1-3H3,(H,9,10,11). The molecule has 0 aromatic heterocycles. The van der Waals surface area contributed by atoms with Crippen LogP contribution in [0.1, 0.15) is 27.2 Å². The summed E-state index contributed by atoms with van der Waals surface area (Å²) in [6.45, 7) is 5.36. The molecule has 0 heterocycles. The molecule has 0 aromatic carbocycles. The lowest BCUT2D eigenvalue weighted by molar-refractivity contribution is 0.456. The molecule has 0 bridgehead atoms. The third-order valence-electron chi connectivity index (χ3n) is 1.29. The Balaban J connectivity index is 4.31. The topological polar surface area (TPSA) is 66.4 Å². The van der Waals surface area contributed by atoms with Gasteiger partial charge in [0.15, 0.2) is 5.37 Å². The van der Waals surface area contributed by atoms with Crippen molar-refractivity contribution in [2.75, 3.05) is 0 Å². The van der Waals surface area contributed by atoms with Gasteiger partial charge in [0.2, 0.25) is 0 Å². The number of nitrogens with one attached hydrogen (secondary N) is 1. The summed E-state index contributed by atoms with van der Waals surface area (Å²) in [5.41, 5.74) is 0.956. The van der Waals surface area contributed by atoms with Crippen molar-refractivity contribution >= 4 is 10.1 Å². The fraction of sp³-hybridized carbons (Fsp3) is 0.714. The summed E-state index contributed by atoms with van der Waals surface area (Å²) in [7, 11) is -3.97. The SMILES string of the molecule is CCC(NC=C(C)C)S(=O)(=O)O. The zero-order valence-electron chi connectivity index (χ0n) is 7.53. The first-order chi connectivity index (χ1) is 5.38. The number of hydrogen-bond acceptors (Lipinski definition) is 3. The lowest BCUT2D eigenvalue weighted by atomic mass is 10.4. The molecule has 0 radical (unpaired) electrons. The van der Waals surface area contributed by atoms with Crippen molar-refractivity contribution in [3.63, 3.8) is 0 Å². The van der Waals surface area contributed by atoms with Crippen LogP contribution in [0.5, 0.6) is 0 Å². The van der Waals surface area contributed by atoms with Gasteiger partial charge >= 0.3 is 0 Å². The highest BCUT2D eigenvalue weighted by molar-refractivity contribution is 7.86. The Morgan fingerprint density at radius 2 is 2.08 bits per heavy atom. The van der Waals surface area contributed by atoms with Gasteiger partial charge in [-0.1, -0.05) is 12.5 Å². The highest BCUT2D eigenvalue weighted by atomic mass is 32.2. The second-order valence-electron chi connectivity index (χ2n) is 2.80. The molecule has 0 rings (SSSR count). The molecule has 0 saturated carbocycles. The maximum absolute atomic E-state index is 10.6. The Hall–Kier alpha value is -0.550. The van der Waals surface area contributed by atoms with Gasteiger partial charge in [-0.3, -0.25) is 4.55 Å². The first-order valence-electron chi connectivity index (χ1n) is 3.73. The minimum atomic E-state index is -3.97. The molecule has 1 unspecified atom stereocenters. The molecule has 72 valence electrons. The summed E-state index contributed by atoms with van der Waals surface area (Å²) >= 11 is 0. The van der Waals surface area contributed by atoms with E-state index in [2.05, 4.69) is 5.32 Å². The summed E-state index contributed by atoms with van der Waals surface area (Å²) in [6, 6.07) is 0. The van der Waals surface area contributed by atoms with Gasteiger partial charge in [0, 0.05) is 0 Å². The van der Waals surface area contributed by atoms with Crippen LogP contribution in [0.15, 0.2) is 11.8 Å². The molecule has 0 fully saturated rings. The largest absolute Gasteiger partial charge is 0.373 e. The van der Waals surface area contributed by atoms with Crippen LogP contribution in [-0.2, 0) is 10.1 Å². The van der Waals surface area contributed by atoms with Crippen molar-refractivity contribution in [3.05, 3.63) is 11.8 Å². The van der Waals surface area contributed by atoms with Crippen molar-refractivity contribution in [2.24, 2.45) is 0 Å². The Labute approximate surface area is 73.4 Å². The third kappa shape index (κ3) is 4.35. The van der Waals surface area contributed by atoms with Crippen LogP contribution in [0.4, 0.5) is 0 Å². The molecule has 12 heavy (non-hydrogen) atoms. The van der Waals surface area contributed by atoms with E-state index in [9.17, 15) is 8.42 Å². The van der Waals surface area contributed by atoms with Crippen LogP contribution in [0, 0.1) is 0 Å². The fourth-order valence-electron chi connectivity index (χ4n) is 0.674. The normalized spacial score (nSPS) is 13.7. The van der Waals surface area contributed by atoms with Gasteiger partial charge in [0.05, 0.1) is 0 Å². The fourth-order valence-corrected chi connectivity index (χ4v) is 1.34. The van der Waals surface area contributed by atoms with Gasteiger partial charge < -0.3 is 5.32 Å². The van der Waals surface area contributed by atoms with Crippen LogP contribution in [0.3, 0.4) is 0 Å². The van der Waals surface area contributed by atoms with E-state index in [-0.39, 0.29) is 0 Å². The summed E-state index contributed by atoms with van der Waals surface area (Å²) < 4.78 is 29.9. The molecule has 5 heteroatoms. The molecule has 0 aliphatic rings. The maximum Gasteiger partial charge on any atom is 0.286 e. The summed E-state index contributed by atoms with van der Waals surface area (Å²) in [5.74, 6) is 0. The van der Waals surface area contributed by atoms with Crippen molar-refractivity contribution < 1.29 is 13.0 Å². The van der Waals surface area contributed by atoms with Gasteiger partial charge in [0.25, 0.3) is 10.1 Å². The summed E-state index contributed by atoms with van der Waals surface area (Å²) in [6.07, 6.45) is 1.91. The molecule has 0 saturated heterocycles. The maximum atomic E-state index is 10.6. The minimum absolute atomic E-state index is 0.336. The zero-order valence-corrected chi connectivity index (χ0v) is 8.35. The predicted octanol–water partition coefficient (Wildman–Crippen LogP) is 1.12. The molecule has 2 N–H and O–H groups in total. The first-order valence-corrected chi connectivity index (χ1v) is 5.24. The number of hydrogen-bond donors (Lipinski definition) is 2. The average Bonchev–Trinajstić information content (AvgIpc) is 1.85. The van der Waals surface area contributed by atoms with Gasteiger partial charge in [-0.2, -0.15) is 8.42 Å². The predicted molar refractivity (Wildman–Crippen MR) is 48.2 cm³/mol. The molecular weight excluding hydrogens is 178 g/mol. The number of allylic oxidation sites excluding steroid dienone is 1. The van der Waals surface area contributed by atoms with Gasteiger partial charge in [-0.05, 0) is 26.5 Å². The molecule has 0 aliphatic heterocycles. The second kappa shape index (κ2) is 4.47. The summed E-state index contributed by atoms with van der Waals surface area (Å²) in [4.78, 5) is 0. The second-order valence-corrected chi connectivity index (χ2v) is 4.40. The van der Waals surface area contributed by atoms with E-state index in [1.165, 1.54) is 0 Å². The molecule has 1 atom stereocenters. The van der Waals surface area contributed by atoms with Gasteiger partial charge in [-0.15, -0.1) is 0 Å². The lowest BCUT2D eigenvalue weighted by Gasteiger charge is -2.11. The molecule has 0 aliphatic carbocycles. The quantitative estimate of drug-likeness (QED) is 0.657. The Bertz CT molecular complexity index is 252. The van der Waals surface area contributed by atoms with Crippen molar-refractivity contribution in [1.82, 2.24) is 5.32 Å². The van der Waals surface area contributed by atoms with Gasteiger partial charge in [0.1, 0.15) is 0 Å². The highest BCUT2D eigenvalue weighted by Gasteiger charge is 2.18. The monoisotopic (exact) mass is 193 g/mol. The van der Waals surface area contributed by atoms with Crippen molar-refractivity contribution in [2.45, 2.75) is 32.6 Å². The molecule has 0 amide bonds. The van der Waals surface area contributed by atoms with E-state index in [0.717, 1.165) is 5.57 Å². The van der Waals surface area contributed by atoms with Gasteiger partial charge in [-0.25, -0.2) is 0 Å². The van der Waals surface area contributed by atoms with Crippen LogP contribution < -0.4 is 5.32 Å². The van der Waals surface area contributed by atoms with E-state index in [4.69, 9.17) is 4.55 Å². The Kier molecular flexibility index (Phi) is 4.26. The Morgan fingerprint density at radius 1 is 1.58 bits per heavy atom. The molecule has 0 spiro atoms. The smallest absolute Gasteiger partial charge is 0.286 e. The van der Waals surface area contributed by atoms with Crippen LogP contribution >= 0.6 is 0 Å². The average molecular weight is 193 g/mol. The molecule has 4 nitrogen and oxygen atoms in total. The molecular formula is C7H15NO3S. The van der Waals surface area contributed by atoms with E-state index < -0.39 is 15.5 Å². The van der Waals surface area contributed by atoms with Crippen LogP contribution in [-0.4, -0.2) is 18.3 Å². The Morgan fingerprint density at radius 3 is 2.33 bits per heavy atom. The van der Waals surface area contributed by atoms with E-state index in [1.807, 2.05) is 13.8 Å². The number of rotatable bonds is 4. The van der Waals surface area contributed by atoms with Crippen LogP contribution in [0.2, 0.25) is 0 Å². The zero-order chi connectivity index (χ0) is 9.78.